The van der Waals surface area contributed by atoms with Crippen molar-refractivity contribution < 1.29 is 14.1 Å². The lowest BCUT2D eigenvalue weighted by molar-refractivity contribution is 0.110. The van der Waals surface area contributed by atoms with E-state index in [9.17, 15) is 4.79 Å². The third-order valence-electron chi connectivity index (χ3n) is 5.30. The van der Waals surface area contributed by atoms with E-state index in [2.05, 4.69) is 26.9 Å². The molecule has 1 aliphatic heterocycles. The minimum Gasteiger partial charge on any atom is -0.410 e. The second-order valence-corrected chi connectivity index (χ2v) is 8.93. The van der Waals surface area contributed by atoms with Crippen LogP contribution in [-0.2, 0) is 6.42 Å². The van der Waals surface area contributed by atoms with Crippen LogP contribution in [0.4, 0.5) is 4.79 Å². The number of ether oxygens (including phenoxy) is 1. The van der Waals surface area contributed by atoms with Gasteiger partial charge in [-0.3, -0.25) is 4.90 Å². The predicted octanol–water partition coefficient (Wildman–Crippen LogP) is 3.92. The van der Waals surface area contributed by atoms with Crippen molar-refractivity contribution in [3.8, 4) is 5.75 Å². The first-order chi connectivity index (χ1) is 15.1. The number of amides is 1. The van der Waals surface area contributed by atoms with E-state index in [0.29, 0.717) is 18.8 Å². The highest BCUT2D eigenvalue weighted by Crippen LogP contribution is 2.33. The lowest BCUT2D eigenvalue weighted by Crippen LogP contribution is -2.49. The summed E-state index contributed by atoms with van der Waals surface area (Å²) in [6, 6.07) is 9.65. The van der Waals surface area contributed by atoms with Crippen LogP contribution in [0.15, 0.2) is 52.4 Å². The summed E-state index contributed by atoms with van der Waals surface area (Å²) in [5, 5.41) is 5.05. The number of aryl methyl sites for hydroxylation is 1. The molecule has 0 bridgehead atoms. The highest BCUT2D eigenvalue weighted by atomic mass is 32.2. The maximum Gasteiger partial charge on any atom is 0.415 e. The average Bonchev–Trinajstić information content (AvgIpc) is 3.44. The lowest BCUT2D eigenvalue weighted by Gasteiger charge is -2.33. The molecule has 1 aliphatic rings. The summed E-state index contributed by atoms with van der Waals surface area (Å²) in [7, 11) is 0. The van der Waals surface area contributed by atoms with Crippen LogP contribution < -0.4 is 4.74 Å². The average molecular weight is 442 g/mol. The largest absolute Gasteiger partial charge is 0.415 e. The molecule has 8 nitrogen and oxygen atoms in total. The minimum absolute atomic E-state index is 0.241. The molecule has 1 amide bonds. The highest BCUT2D eigenvalue weighted by molar-refractivity contribution is 7.99. The van der Waals surface area contributed by atoms with E-state index in [-0.39, 0.29) is 11.3 Å². The lowest BCUT2D eigenvalue weighted by atomic mass is 10.1. The molecular formula is C22H27N5O3S. The van der Waals surface area contributed by atoms with Gasteiger partial charge in [0.1, 0.15) is 11.5 Å². The number of nitrogens with one attached hydrogen (secondary N) is 1. The Labute approximate surface area is 186 Å². The Balaban J connectivity index is 1.21. The molecule has 2 aromatic heterocycles. The van der Waals surface area contributed by atoms with Gasteiger partial charge in [-0.1, -0.05) is 29.1 Å². The quantitative estimate of drug-likeness (QED) is 0.556. The second-order valence-electron chi connectivity index (χ2n) is 7.60. The molecular weight excluding hydrogens is 414 g/mol. The summed E-state index contributed by atoms with van der Waals surface area (Å²) >= 11 is 1.65. The summed E-state index contributed by atoms with van der Waals surface area (Å²) in [4.78, 5) is 24.0. The van der Waals surface area contributed by atoms with Gasteiger partial charge in [0.05, 0.1) is 5.69 Å². The zero-order valence-corrected chi connectivity index (χ0v) is 18.6. The van der Waals surface area contributed by atoms with Gasteiger partial charge < -0.3 is 19.1 Å². The number of H-pyrrole nitrogens is 1. The number of aromatic amines is 1. The van der Waals surface area contributed by atoms with Crippen LogP contribution >= 0.6 is 11.8 Å². The molecule has 3 heterocycles. The van der Waals surface area contributed by atoms with Crippen molar-refractivity contribution in [1.82, 2.24) is 24.9 Å². The molecule has 4 rings (SSSR count). The number of rotatable bonds is 7. The van der Waals surface area contributed by atoms with E-state index < -0.39 is 0 Å². The molecule has 0 aliphatic carbocycles. The van der Waals surface area contributed by atoms with E-state index in [1.165, 1.54) is 0 Å². The molecule has 3 aromatic rings. The molecule has 0 spiro atoms. The van der Waals surface area contributed by atoms with Gasteiger partial charge in [-0.25, -0.2) is 9.78 Å². The molecule has 9 heteroatoms. The van der Waals surface area contributed by atoms with Crippen molar-refractivity contribution in [2.75, 3.05) is 32.7 Å². The first kappa shape index (κ1) is 21.5. The summed E-state index contributed by atoms with van der Waals surface area (Å²) in [5.74, 6) is 1.46. The monoisotopic (exact) mass is 441 g/mol. The summed E-state index contributed by atoms with van der Waals surface area (Å²) in [6.07, 6.45) is 4.09. The number of imidazole rings is 1. The third kappa shape index (κ3) is 5.89. The number of carbonyl (C=O) groups excluding carboxylic acids is 1. The van der Waals surface area contributed by atoms with Crippen LogP contribution in [0.25, 0.3) is 0 Å². The Hall–Kier alpha value is -2.78. The van der Waals surface area contributed by atoms with E-state index >= 15 is 0 Å². The van der Waals surface area contributed by atoms with Crippen LogP contribution in [-0.4, -0.2) is 63.7 Å². The number of piperazine rings is 1. The van der Waals surface area contributed by atoms with E-state index in [1.807, 2.05) is 43.5 Å². The van der Waals surface area contributed by atoms with Crippen molar-refractivity contribution >= 4 is 17.9 Å². The maximum atomic E-state index is 12.5. The number of benzene rings is 1. The number of nitrogens with zero attached hydrogens (tertiary/aromatic N) is 4. The number of aromatic nitrogens is 3. The zero-order chi connectivity index (χ0) is 21.6. The van der Waals surface area contributed by atoms with Gasteiger partial charge in [0.15, 0.2) is 5.16 Å². The molecule has 0 radical (unpaired) electrons. The number of carbonyl (C=O) groups is 1. The van der Waals surface area contributed by atoms with Crippen LogP contribution in [0, 0.1) is 6.92 Å². The Bertz CT molecular complexity index is 965. The Kier molecular flexibility index (Phi) is 6.93. The molecule has 164 valence electrons. The number of thioether (sulfide) groups is 1. The van der Waals surface area contributed by atoms with Crippen molar-refractivity contribution in [3.63, 3.8) is 0 Å². The Morgan fingerprint density at radius 2 is 2.03 bits per heavy atom. The van der Waals surface area contributed by atoms with Crippen molar-refractivity contribution in [3.05, 3.63) is 59.7 Å². The standard InChI is InChI=1S/C22H27N5O3S/c1-16-15-20(30-25-16)7-10-26-11-13-27(14-12-26)22(28)29-19-5-3-18(4-6-19)17(2)31-21-23-8-9-24-21/h3-6,8-9,15,17H,7,10-14H2,1-2H3,(H,23,24). The highest BCUT2D eigenvalue weighted by Gasteiger charge is 2.23. The molecule has 1 unspecified atom stereocenters. The number of hydrogen-bond donors (Lipinski definition) is 1. The van der Waals surface area contributed by atoms with Crippen LogP contribution in [0.2, 0.25) is 0 Å². The van der Waals surface area contributed by atoms with Crippen molar-refractivity contribution in [2.45, 2.75) is 30.7 Å². The summed E-state index contributed by atoms with van der Waals surface area (Å²) in [6.45, 7) is 7.90. The Morgan fingerprint density at radius 1 is 1.26 bits per heavy atom. The van der Waals surface area contributed by atoms with Gasteiger partial charge in [-0.15, -0.1) is 0 Å². The van der Waals surface area contributed by atoms with Crippen LogP contribution in [0.1, 0.15) is 29.2 Å². The molecule has 0 saturated carbocycles. The molecule has 1 saturated heterocycles. The molecule has 1 N–H and O–H groups in total. The summed E-state index contributed by atoms with van der Waals surface area (Å²) in [5.41, 5.74) is 2.05. The zero-order valence-electron chi connectivity index (χ0n) is 17.8. The fraction of sp³-hybridized carbons (Fsp3) is 0.409. The van der Waals surface area contributed by atoms with E-state index in [1.54, 1.807) is 22.9 Å². The van der Waals surface area contributed by atoms with Gasteiger partial charge in [0.25, 0.3) is 0 Å². The normalized spacial score (nSPS) is 15.7. The van der Waals surface area contributed by atoms with Crippen LogP contribution in [0.3, 0.4) is 0 Å². The molecule has 1 aromatic carbocycles. The first-order valence-corrected chi connectivity index (χ1v) is 11.3. The molecule has 1 atom stereocenters. The SMILES string of the molecule is Cc1cc(CCN2CCN(C(=O)Oc3ccc(C(C)Sc4ncc[nH]4)cc3)CC2)on1. The van der Waals surface area contributed by atoms with Gasteiger partial charge in [0, 0.05) is 62.9 Å². The van der Waals surface area contributed by atoms with Crippen LogP contribution in [0.5, 0.6) is 5.75 Å². The van der Waals surface area contributed by atoms with Crippen molar-refractivity contribution in [2.24, 2.45) is 0 Å². The molecule has 1 fully saturated rings. The van der Waals surface area contributed by atoms with Crippen molar-refractivity contribution in [1.29, 1.82) is 0 Å². The topological polar surface area (TPSA) is 87.5 Å². The minimum atomic E-state index is -0.295. The smallest absolute Gasteiger partial charge is 0.410 e. The van der Waals surface area contributed by atoms with E-state index in [4.69, 9.17) is 9.26 Å². The van der Waals surface area contributed by atoms with Gasteiger partial charge in [-0.2, -0.15) is 0 Å². The molecule has 31 heavy (non-hydrogen) atoms. The maximum absolute atomic E-state index is 12.5. The number of hydrogen-bond acceptors (Lipinski definition) is 7. The van der Waals surface area contributed by atoms with Gasteiger partial charge >= 0.3 is 6.09 Å². The fourth-order valence-corrected chi connectivity index (χ4v) is 4.37. The van der Waals surface area contributed by atoms with Gasteiger partial charge in [-0.05, 0) is 31.5 Å². The van der Waals surface area contributed by atoms with E-state index in [0.717, 1.165) is 48.2 Å². The third-order valence-corrected chi connectivity index (χ3v) is 6.37. The second kappa shape index (κ2) is 10.0. The fourth-order valence-electron chi connectivity index (χ4n) is 3.48. The van der Waals surface area contributed by atoms with Gasteiger partial charge in [0.2, 0.25) is 0 Å². The Morgan fingerprint density at radius 3 is 2.68 bits per heavy atom. The first-order valence-electron chi connectivity index (χ1n) is 10.4. The summed E-state index contributed by atoms with van der Waals surface area (Å²) < 4.78 is 10.8. The predicted molar refractivity (Wildman–Crippen MR) is 118 cm³/mol.